The highest BCUT2D eigenvalue weighted by Crippen LogP contribution is 1.99. The maximum Gasteiger partial charge on any atom is 0.0794 e. The summed E-state index contributed by atoms with van der Waals surface area (Å²) < 4.78 is 0. The summed E-state index contributed by atoms with van der Waals surface area (Å²) in [6, 6.07) is 1.91. The van der Waals surface area contributed by atoms with Crippen LogP contribution in [0.2, 0.25) is 0 Å². The molecule has 0 saturated carbocycles. The summed E-state index contributed by atoms with van der Waals surface area (Å²) in [5.74, 6) is 0. The van der Waals surface area contributed by atoms with Crippen molar-refractivity contribution in [1.82, 2.24) is 5.32 Å². The molecule has 0 aromatic rings. The summed E-state index contributed by atoms with van der Waals surface area (Å²) in [7, 11) is 0. The third-order valence-electron chi connectivity index (χ3n) is 1.19. The van der Waals surface area contributed by atoms with Crippen molar-refractivity contribution in [2.24, 2.45) is 0 Å². The van der Waals surface area contributed by atoms with Crippen LogP contribution in [0.15, 0.2) is 0 Å². The van der Waals surface area contributed by atoms with E-state index in [2.05, 4.69) is 5.32 Å². The number of hydrogen-bond acceptors (Lipinski definition) is 3. The van der Waals surface area contributed by atoms with Crippen LogP contribution in [-0.2, 0) is 0 Å². The molecular weight excluding hydrogens is 140 g/mol. The van der Waals surface area contributed by atoms with E-state index in [1.165, 1.54) is 0 Å². The van der Waals surface area contributed by atoms with Gasteiger partial charge in [-0.25, -0.2) is 0 Å². The van der Waals surface area contributed by atoms with Crippen molar-refractivity contribution in [2.75, 3.05) is 6.54 Å². The van der Waals surface area contributed by atoms with Crippen molar-refractivity contribution in [2.45, 2.75) is 38.8 Å². The molecule has 3 heteroatoms. The smallest absolute Gasteiger partial charge is 0.0794 e. The fourth-order valence-corrected chi connectivity index (χ4v) is 0.602. The molecule has 0 aliphatic heterocycles. The SMILES string of the molecule is CC(C)(C)NCC(O)CC#N. The van der Waals surface area contributed by atoms with E-state index in [9.17, 15) is 0 Å². The monoisotopic (exact) mass is 156 g/mol. The van der Waals surface area contributed by atoms with E-state index >= 15 is 0 Å². The predicted molar refractivity (Wildman–Crippen MR) is 44.0 cm³/mol. The molecule has 0 spiro atoms. The van der Waals surface area contributed by atoms with Crippen LogP contribution in [0.5, 0.6) is 0 Å². The van der Waals surface area contributed by atoms with Gasteiger partial charge in [-0.3, -0.25) is 0 Å². The molecule has 1 atom stereocenters. The number of aliphatic hydroxyl groups excluding tert-OH is 1. The summed E-state index contributed by atoms with van der Waals surface area (Å²) in [5.41, 5.74) is 0.0104. The number of hydrogen-bond donors (Lipinski definition) is 2. The minimum absolute atomic E-state index is 0.0104. The van der Waals surface area contributed by atoms with E-state index in [1.807, 2.05) is 26.8 Å². The van der Waals surface area contributed by atoms with Gasteiger partial charge >= 0.3 is 0 Å². The summed E-state index contributed by atoms with van der Waals surface area (Å²) in [4.78, 5) is 0. The van der Waals surface area contributed by atoms with Gasteiger partial charge in [0.15, 0.2) is 0 Å². The van der Waals surface area contributed by atoms with Gasteiger partial charge in [-0.15, -0.1) is 0 Å². The highest BCUT2D eigenvalue weighted by molar-refractivity contribution is 4.79. The van der Waals surface area contributed by atoms with E-state index in [-0.39, 0.29) is 12.0 Å². The molecule has 0 saturated heterocycles. The van der Waals surface area contributed by atoms with Gasteiger partial charge in [0.25, 0.3) is 0 Å². The lowest BCUT2D eigenvalue weighted by Crippen LogP contribution is -2.40. The topological polar surface area (TPSA) is 56.0 Å². The Kier molecular flexibility index (Phi) is 4.09. The van der Waals surface area contributed by atoms with Crippen molar-refractivity contribution >= 4 is 0 Å². The Hall–Kier alpha value is -0.590. The average Bonchev–Trinajstić information content (AvgIpc) is 1.83. The molecule has 0 heterocycles. The molecule has 11 heavy (non-hydrogen) atoms. The lowest BCUT2D eigenvalue weighted by atomic mass is 10.1. The number of nitrogens with zero attached hydrogens (tertiary/aromatic N) is 1. The number of aliphatic hydroxyl groups is 1. The van der Waals surface area contributed by atoms with E-state index in [0.29, 0.717) is 6.54 Å². The Morgan fingerprint density at radius 1 is 1.55 bits per heavy atom. The first-order valence-corrected chi connectivity index (χ1v) is 3.76. The largest absolute Gasteiger partial charge is 0.391 e. The Bertz CT molecular complexity index is 143. The normalized spacial score (nSPS) is 14.1. The zero-order valence-corrected chi connectivity index (χ0v) is 7.39. The van der Waals surface area contributed by atoms with Crippen LogP contribution < -0.4 is 5.32 Å². The van der Waals surface area contributed by atoms with Gasteiger partial charge in [-0.2, -0.15) is 5.26 Å². The Labute approximate surface area is 68.0 Å². The Morgan fingerprint density at radius 2 is 2.09 bits per heavy atom. The first-order chi connectivity index (χ1) is 4.95. The molecule has 0 aliphatic carbocycles. The third kappa shape index (κ3) is 7.31. The minimum atomic E-state index is -0.542. The van der Waals surface area contributed by atoms with Gasteiger partial charge in [0.1, 0.15) is 0 Å². The number of rotatable bonds is 3. The lowest BCUT2D eigenvalue weighted by Gasteiger charge is -2.21. The second-order valence-electron chi connectivity index (χ2n) is 3.65. The van der Waals surface area contributed by atoms with Gasteiger partial charge in [0, 0.05) is 12.1 Å². The molecule has 3 nitrogen and oxygen atoms in total. The molecule has 1 unspecified atom stereocenters. The molecule has 64 valence electrons. The molecule has 0 aromatic carbocycles. The van der Waals surface area contributed by atoms with Crippen molar-refractivity contribution in [1.29, 1.82) is 5.26 Å². The zero-order valence-electron chi connectivity index (χ0n) is 7.39. The standard InChI is InChI=1S/C8H16N2O/c1-8(2,3)10-6-7(11)4-5-9/h7,10-11H,4,6H2,1-3H3. The number of nitriles is 1. The summed E-state index contributed by atoms with van der Waals surface area (Å²) in [5, 5.41) is 20.5. The quantitative estimate of drug-likeness (QED) is 0.630. The Balaban J connectivity index is 3.48. The predicted octanol–water partition coefficient (Wildman–Crippen LogP) is 0.649. The van der Waals surface area contributed by atoms with Crippen LogP contribution in [0.25, 0.3) is 0 Å². The fraction of sp³-hybridized carbons (Fsp3) is 0.875. The average molecular weight is 156 g/mol. The first kappa shape index (κ1) is 10.4. The summed E-state index contributed by atoms with van der Waals surface area (Å²) >= 11 is 0. The maximum atomic E-state index is 9.13. The van der Waals surface area contributed by atoms with Crippen molar-refractivity contribution in [3.05, 3.63) is 0 Å². The van der Waals surface area contributed by atoms with Gasteiger partial charge in [-0.05, 0) is 20.8 Å². The van der Waals surface area contributed by atoms with E-state index in [1.54, 1.807) is 0 Å². The minimum Gasteiger partial charge on any atom is -0.391 e. The van der Waals surface area contributed by atoms with Crippen molar-refractivity contribution in [3.8, 4) is 6.07 Å². The van der Waals surface area contributed by atoms with Gasteiger partial charge < -0.3 is 10.4 Å². The molecule has 0 rings (SSSR count). The molecule has 0 amide bonds. The van der Waals surface area contributed by atoms with Crippen molar-refractivity contribution in [3.63, 3.8) is 0 Å². The summed E-state index contributed by atoms with van der Waals surface area (Å²) in [6.07, 6.45) is -0.345. The highest BCUT2D eigenvalue weighted by Gasteiger charge is 2.11. The molecule has 0 radical (unpaired) electrons. The van der Waals surface area contributed by atoms with Gasteiger partial charge in [-0.1, -0.05) is 0 Å². The Morgan fingerprint density at radius 3 is 2.45 bits per heavy atom. The second kappa shape index (κ2) is 4.32. The number of β-amino-alcohol motifs (C(OH)–C–C–N with tert-alkyl or cyclic N) is 1. The zero-order chi connectivity index (χ0) is 8.91. The molecule has 0 aromatic heterocycles. The van der Waals surface area contributed by atoms with Gasteiger partial charge in [0.2, 0.25) is 0 Å². The van der Waals surface area contributed by atoms with Crippen LogP contribution in [0.1, 0.15) is 27.2 Å². The number of nitrogens with one attached hydrogen (secondary N) is 1. The molecule has 2 N–H and O–H groups in total. The van der Waals surface area contributed by atoms with Crippen LogP contribution in [0.3, 0.4) is 0 Å². The molecule has 0 bridgehead atoms. The fourth-order valence-electron chi connectivity index (χ4n) is 0.602. The van der Waals surface area contributed by atoms with Crippen LogP contribution in [0.4, 0.5) is 0 Å². The van der Waals surface area contributed by atoms with Gasteiger partial charge in [0.05, 0.1) is 18.6 Å². The first-order valence-electron chi connectivity index (χ1n) is 3.76. The van der Waals surface area contributed by atoms with Crippen molar-refractivity contribution < 1.29 is 5.11 Å². The molecule has 0 fully saturated rings. The summed E-state index contributed by atoms with van der Waals surface area (Å²) in [6.45, 7) is 6.54. The molecular formula is C8H16N2O. The van der Waals surface area contributed by atoms with Crippen LogP contribution >= 0.6 is 0 Å². The van der Waals surface area contributed by atoms with E-state index in [0.717, 1.165) is 0 Å². The van der Waals surface area contributed by atoms with Crippen LogP contribution in [-0.4, -0.2) is 23.3 Å². The van der Waals surface area contributed by atoms with E-state index < -0.39 is 6.10 Å². The molecule has 0 aliphatic rings. The lowest BCUT2D eigenvalue weighted by molar-refractivity contribution is 0.165. The highest BCUT2D eigenvalue weighted by atomic mass is 16.3. The third-order valence-corrected chi connectivity index (χ3v) is 1.19. The maximum absolute atomic E-state index is 9.13. The van der Waals surface area contributed by atoms with E-state index in [4.69, 9.17) is 10.4 Å². The van der Waals surface area contributed by atoms with Crippen LogP contribution in [0, 0.1) is 11.3 Å². The second-order valence-corrected chi connectivity index (χ2v) is 3.65.